The molecule has 6 heteroatoms. The van der Waals surface area contributed by atoms with Crippen LogP contribution in [-0.2, 0) is 9.47 Å². The molecule has 0 spiro atoms. The van der Waals surface area contributed by atoms with Crippen molar-refractivity contribution in [3.05, 3.63) is 35.1 Å². The summed E-state index contributed by atoms with van der Waals surface area (Å²) in [5, 5.41) is 3.03. The average Bonchev–Trinajstić information content (AvgIpc) is 2.97. The minimum Gasteiger partial charge on any atom is -0.378 e. The van der Waals surface area contributed by atoms with Crippen LogP contribution in [0.4, 0.5) is 9.52 Å². The quantitative estimate of drug-likeness (QED) is 0.858. The Labute approximate surface area is 121 Å². The SMILES string of the molecule is COC1C=C(F)C=CC1c1csc(N2CCOCC2)n1. The minimum absolute atomic E-state index is 0.0226. The third-order valence-electron chi connectivity index (χ3n) is 3.55. The molecule has 2 heterocycles. The number of aromatic nitrogens is 1. The Hall–Kier alpha value is -1.24. The molecule has 0 saturated carbocycles. The van der Waals surface area contributed by atoms with Gasteiger partial charge >= 0.3 is 0 Å². The topological polar surface area (TPSA) is 34.6 Å². The van der Waals surface area contributed by atoms with Gasteiger partial charge in [0.2, 0.25) is 0 Å². The molecule has 1 aromatic heterocycles. The van der Waals surface area contributed by atoms with Crippen LogP contribution in [0, 0.1) is 0 Å². The zero-order valence-electron chi connectivity index (χ0n) is 11.3. The van der Waals surface area contributed by atoms with Crippen molar-refractivity contribution >= 4 is 16.5 Å². The number of hydrogen-bond donors (Lipinski definition) is 0. The van der Waals surface area contributed by atoms with E-state index in [1.807, 2.05) is 11.5 Å². The zero-order chi connectivity index (χ0) is 13.9. The summed E-state index contributed by atoms with van der Waals surface area (Å²) in [5.74, 6) is -0.276. The van der Waals surface area contributed by atoms with Gasteiger partial charge in [-0.2, -0.15) is 0 Å². The van der Waals surface area contributed by atoms with E-state index in [9.17, 15) is 4.39 Å². The molecule has 0 radical (unpaired) electrons. The lowest BCUT2D eigenvalue weighted by Gasteiger charge is -2.26. The lowest BCUT2D eigenvalue weighted by Crippen LogP contribution is -2.36. The summed E-state index contributed by atoms with van der Waals surface area (Å²) in [5.41, 5.74) is 0.934. The molecule has 4 nitrogen and oxygen atoms in total. The Kier molecular flexibility index (Phi) is 4.14. The van der Waals surface area contributed by atoms with Crippen LogP contribution < -0.4 is 4.90 Å². The zero-order valence-corrected chi connectivity index (χ0v) is 12.1. The molecule has 1 saturated heterocycles. The summed E-state index contributed by atoms with van der Waals surface area (Å²) in [7, 11) is 1.59. The summed E-state index contributed by atoms with van der Waals surface area (Å²) in [4.78, 5) is 6.91. The molecule has 1 fully saturated rings. The summed E-state index contributed by atoms with van der Waals surface area (Å²) >= 11 is 1.62. The van der Waals surface area contributed by atoms with Crippen molar-refractivity contribution < 1.29 is 13.9 Å². The predicted octanol–water partition coefficient (Wildman–Crippen LogP) is 2.50. The molecular weight excluding hydrogens is 279 g/mol. The number of allylic oxidation sites excluding steroid dienone is 2. The van der Waals surface area contributed by atoms with Gasteiger partial charge < -0.3 is 14.4 Å². The summed E-state index contributed by atoms with van der Waals surface area (Å²) in [6.45, 7) is 3.23. The standard InChI is InChI=1S/C14H17FN2O2S/c1-18-13-8-10(15)2-3-11(13)12-9-20-14(16-12)17-4-6-19-7-5-17/h2-3,8-9,11,13H,4-7H2,1H3. The van der Waals surface area contributed by atoms with E-state index in [1.165, 1.54) is 12.2 Å². The van der Waals surface area contributed by atoms with Crippen LogP contribution >= 0.6 is 11.3 Å². The Morgan fingerprint density at radius 2 is 2.25 bits per heavy atom. The summed E-state index contributed by atoms with van der Waals surface area (Å²) in [6, 6.07) is 0. The average molecular weight is 296 g/mol. The number of halogens is 1. The largest absolute Gasteiger partial charge is 0.378 e. The van der Waals surface area contributed by atoms with E-state index in [0.717, 1.165) is 37.1 Å². The molecule has 0 amide bonds. The second kappa shape index (κ2) is 6.03. The van der Waals surface area contributed by atoms with Gasteiger partial charge in [0, 0.05) is 25.6 Å². The molecule has 3 rings (SSSR count). The molecule has 2 unspecified atom stereocenters. The van der Waals surface area contributed by atoms with E-state index in [2.05, 4.69) is 9.88 Å². The van der Waals surface area contributed by atoms with E-state index in [4.69, 9.17) is 9.47 Å². The maximum atomic E-state index is 13.3. The molecule has 1 aromatic rings. The summed E-state index contributed by atoms with van der Waals surface area (Å²) < 4.78 is 24.0. The molecule has 2 aliphatic rings. The lowest BCUT2D eigenvalue weighted by atomic mass is 9.94. The smallest absolute Gasteiger partial charge is 0.185 e. The highest BCUT2D eigenvalue weighted by Crippen LogP contribution is 2.32. The third kappa shape index (κ3) is 2.77. The summed E-state index contributed by atoms with van der Waals surface area (Å²) in [6.07, 6.45) is 4.51. The highest BCUT2D eigenvalue weighted by molar-refractivity contribution is 7.13. The van der Waals surface area contributed by atoms with Crippen molar-refractivity contribution in [3.63, 3.8) is 0 Å². The van der Waals surface area contributed by atoms with Crippen LogP contribution in [0.25, 0.3) is 0 Å². The van der Waals surface area contributed by atoms with Gasteiger partial charge in [-0.3, -0.25) is 0 Å². The van der Waals surface area contributed by atoms with E-state index in [-0.39, 0.29) is 17.8 Å². The van der Waals surface area contributed by atoms with Crippen LogP contribution in [0.2, 0.25) is 0 Å². The van der Waals surface area contributed by atoms with Crippen molar-refractivity contribution in [2.45, 2.75) is 12.0 Å². The van der Waals surface area contributed by atoms with Crippen molar-refractivity contribution in [3.8, 4) is 0 Å². The van der Waals surface area contributed by atoms with Gasteiger partial charge in [-0.1, -0.05) is 6.08 Å². The first-order valence-corrected chi connectivity index (χ1v) is 7.52. The van der Waals surface area contributed by atoms with Crippen LogP contribution in [0.15, 0.2) is 29.4 Å². The molecule has 0 bridgehead atoms. The van der Waals surface area contributed by atoms with Crippen LogP contribution in [0.5, 0.6) is 0 Å². The number of rotatable bonds is 3. The van der Waals surface area contributed by atoms with Gasteiger partial charge in [0.15, 0.2) is 5.13 Å². The molecule has 2 atom stereocenters. The van der Waals surface area contributed by atoms with E-state index < -0.39 is 0 Å². The Morgan fingerprint density at radius 3 is 3.00 bits per heavy atom. The fourth-order valence-electron chi connectivity index (χ4n) is 2.43. The van der Waals surface area contributed by atoms with E-state index in [0.29, 0.717) is 0 Å². The van der Waals surface area contributed by atoms with Gasteiger partial charge in [-0.15, -0.1) is 11.3 Å². The van der Waals surface area contributed by atoms with Crippen LogP contribution in [0.3, 0.4) is 0 Å². The first kappa shape index (κ1) is 13.7. The highest BCUT2D eigenvalue weighted by Gasteiger charge is 2.26. The number of methoxy groups -OCH3 is 1. The van der Waals surface area contributed by atoms with Gasteiger partial charge in [0.1, 0.15) is 5.83 Å². The maximum absolute atomic E-state index is 13.3. The second-order valence-corrected chi connectivity index (χ2v) is 5.63. The number of morpholine rings is 1. The highest BCUT2D eigenvalue weighted by atomic mass is 32.1. The van der Waals surface area contributed by atoms with Gasteiger partial charge in [-0.05, 0) is 12.2 Å². The van der Waals surface area contributed by atoms with Crippen molar-refractivity contribution in [1.29, 1.82) is 0 Å². The maximum Gasteiger partial charge on any atom is 0.185 e. The Balaban J connectivity index is 1.77. The number of thiazole rings is 1. The first-order valence-electron chi connectivity index (χ1n) is 6.64. The Bertz CT molecular complexity index is 523. The molecule has 0 N–H and O–H groups in total. The van der Waals surface area contributed by atoms with Gasteiger partial charge in [-0.25, -0.2) is 9.37 Å². The van der Waals surface area contributed by atoms with Gasteiger partial charge in [0.05, 0.1) is 30.9 Å². The van der Waals surface area contributed by atoms with Crippen LogP contribution in [0.1, 0.15) is 11.6 Å². The van der Waals surface area contributed by atoms with E-state index >= 15 is 0 Å². The molecular formula is C14H17FN2O2S. The van der Waals surface area contributed by atoms with Crippen molar-refractivity contribution in [1.82, 2.24) is 4.98 Å². The normalized spacial score (nSPS) is 26.7. The first-order chi connectivity index (χ1) is 9.78. The van der Waals surface area contributed by atoms with Crippen molar-refractivity contribution in [2.75, 3.05) is 38.3 Å². The van der Waals surface area contributed by atoms with Crippen molar-refractivity contribution in [2.24, 2.45) is 0 Å². The fourth-order valence-corrected chi connectivity index (χ4v) is 3.36. The molecule has 1 aliphatic heterocycles. The molecule has 1 aliphatic carbocycles. The monoisotopic (exact) mass is 296 g/mol. The van der Waals surface area contributed by atoms with Crippen LogP contribution in [-0.4, -0.2) is 44.5 Å². The Morgan fingerprint density at radius 1 is 1.45 bits per heavy atom. The minimum atomic E-state index is -0.292. The second-order valence-electron chi connectivity index (χ2n) is 4.79. The number of hydrogen-bond acceptors (Lipinski definition) is 5. The number of anilines is 1. The van der Waals surface area contributed by atoms with Gasteiger partial charge in [0.25, 0.3) is 0 Å². The third-order valence-corrected chi connectivity index (χ3v) is 4.46. The number of nitrogens with zero attached hydrogens (tertiary/aromatic N) is 2. The number of ether oxygens (including phenoxy) is 2. The molecule has 0 aromatic carbocycles. The predicted molar refractivity (Wildman–Crippen MR) is 77.0 cm³/mol. The molecule has 108 valence electrons. The van der Waals surface area contributed by atoms with E-state index in [1.54, 1.807) is 18.4 Å². The lowest BCUT2D eigenvalue weighted by molar-refractivity contribution is 0.122. The molecule has 20 heavy (non-hydrogen) atoms. The fraction of sp³-hybridized carbons (Fsp3) is 0.500.